The molecule has 0 saturated heterocycles. The molecule has 2 N–H and O–H groups in total. The van der Waals surface area contributed by atoms with Crippen LogP contribution in [0.3, 0.4) is 0 Å². The summed E-state index contributed by atoms with van der Waals surface area (Å²) >= 11 is 18.3. The molecule has 0 aliphatic rings. The summed E-state index contributed by atoms with van der Waals surface area (Å²) in [5.74, 6) is -0.379. The van der Waals surface area contributed by atoms with Crippen molar-refractivity contribution in [2.24, 2.45) is 0 Å². The highest BCUT2D eigenvalue weighted by molar-refractivity contribution is 7.80. The van der Waals surface area contributed by atoms with Crippen LogP contribution in [-0.2, 0) is 0 Å². The van der Waals surface area contributed by atoms with Gasteiger partial charge in [0, 0.05) is 16.5 Å². The van der Waals surface area contributed by atoms with E-state index in [-0.39, 0.29) is 11.0 Å². The molecule has 126 valence electrons. The number of nitrogens with one attached hydrogen (secondary N) is 2. The summed E-state index contributed by atoms with van der Waals surface area (Å²) in [6.07, 6.45) is 0. The zero-order valence-electron chi connectivity index (χ0n) is 12.6. The molecular weight excluding hydrogens is 397 g/mol. The Kier molecular flexibility index (Phi) is 5.65. The first-order valence-electron chi connectivity index (χ1n) is 7.11. The van der Waals surface area contributed by atoms with Crippen LogP contribution < -0.4 is 10.6 Å². The van der Waals surface area contributed by atoms with Gasteiger partial charge in [0.1, 0.15) is 0 Å². The van der Waals surface area contributed by atoms with Crippen LogP contribution in [0.25, 0.3) is 11.3 Å². The molecule has 0 bridgehead atoms. The van der Waals surface area contributed by atoms with Gasteiger partial charge in [0.15, 0.2) is 10.2 Å². The predicted octanol–water partition coefficient (Wildman–Crippen LogP) is 5.24. The van der Waals surface area contributed by atoms with Crippen molar-refractivity contribution < 1.29 is 4.79 Å². The number of hydrogen-bond donors (Lipinski definition) is 2. The van der Waals surface area contributed by atoms with Gasteiger partial charge in [-0.15, -0.1) is 11.3 Å². The van der Waals surface area contributed by atoms with Crippen molar-refractivity contribution in [3.05, 3.63) is 69.5 Å². The molecule has 0 spiro atoms. The van der Waals surface area contributed by atoms with Gasteiger partial charge in [-0.2, -0.15) is 0 Å². The Labute approximate surface area is 163 Å². The molecule has 8 heteroatoms. The fourth-order valence-electron chi connectivity index (χ4n) is 2.01. The Balaban J connectivity index is 1.64. The van der Waals surface area contributed by atoms with E-state index in [1.165, 1.54) is 17.4 Å². The number of rotatable bonds is 3. The van der Waals surface area contributed by atoms with Crippen molar-refractivity contribution in [2.45, 2.75) is 0 Å². The third kappa shape index (κ3) is 4.55. The lowest BCUT2D eigenvalue weighted by Crippen LogP contribution is -2.34. The molecule has 1 aromatic heterocycles. The maximum atomic E-state index is 12.2. The normalized spacial score (nSPS) is 10.3. The number of carbonyl (C=O) groups is 1. The van der Waals surface area contributed by atoms with E-state index < -0.39 is 0 Å². The predicted molar refractivity (Wildman–Crippen MR) is 108 cm³/mol. The molecule has 0 saturated carbocycles. The van der Waals surface area contributed by atoms with E-state index in [9.17, 15) is 4.79 Å². The Morgan fingerprint density at radius 3 is 2.56 bits per heavy atom. The van der Waals surface area contributed by atoms with E-state index in [2.05, 4.69) is 15.6 Å². The highest BCUT2D eigenvalue weighted by atomic mass is 35.5. The topological polar surface area (TPSA) is 54.0 Å². The summed E-state index contributed by atoms with van der Waals surface area (Å²) in [5.41, 5.74) is 2.21. The number of hydrogen-bond acceptors (Lipinski definition) is 4. The van der Waals surface area contributed by atoms with E-state index in [4.69, 9.17) is 35.4 Å². The van der Waals surface area contributed by atoms with Gasteiger partial charge in [0.05, 0.1) is 15.7 Å². The number of thiocarbonyl (C=S) groups is 1. The Morgan fingerprint density at radius 2 is 1.84 bits per heavy atom. The minimum Gasteiger partial charge on any atom is -0.308 e. The molecule has 0 unspecified atom stereocenters. The first kappa shape index (κ1) is 17.8. The largest absolute Gasteiger partial charge is 0.308 e. The Hall–Kier alpha value is -1.99. The SMILES string of the molecule is O=C(NC(=S)Nc1nc(-c2ccccc2)cs1)c1ccc(Cl)c(Cl)c1. The molecule has 3 aromatic rings. The molecule has 0 fully saturated rings. The van der Waals surface area contributed by atoms with E-state index in [0.717, 1.165) is 11.3 Å². The highest BCUT2D eigenvalue weighted by Gasteiger charge is 2.11. The number of amides is 1. The van der Waals surface area contributed by atoms with E-state index in [0.29, 0.717) is 20.7 Å². The average molecular weight is 408 g/mol. The average Bonchev–Trinajstić information content (AvgIpc) is 3.06. The molecule has 3 rings (SSSR count). The van der Waals surface area contributed by atoms with Gasteiger partial charge in [-0.05, 0) is 30.4 Å². The molecule has 2 aromatic carbocycles. The molecule has 1 amide bonds. The van der Waals surface area contributed by atoms with Gasteiger partial charge in [-0.3, -0.25) is 10.1 Å². The summed E-state index contributed by atoms with van der Waals surface area (Å²) in [6, 6.07) is 14.4. The summed E-state index contributed by atoms with van der Waals surface area (Å²) in [4.78, 5) is 16.6. The molecule has 1 heterocycles. The van der Waals surface area contributed by atoms with Crippen LogP contribution >= 0.6 is 46.8 Å². The van der Waals surface area contributed by atoms with Crippen molar-refractivity contribution in [3.63, 3.8) is 0 Å². The zero-order chi connectivity index (χ0) is 17.8. The number of nitrogens with zero attached hydrogens (tertiary/aromatic N) is 1. The lowest BCUT2D eigenvalue weighted by Gasteiger charge is -2.07. The van der Waals surface area contributed by atoms with Crippen molar-refractivity contribution in [1.82, 2.24) is 10.3 Å². The molecular formula is C17H11Cl2N3OS2. The number of benzene rings is 2. The van der Waals surface area contributed by atoms with Crippen molar-refractivity contribution >= 4 is 62.9 Å². The van der Waals surface area contributed by atoms with Crippen LogP contribution in [-0.4, -0.2) is 16.0 Å². The lowest BCUT2D eigenvalue weighted by atomic mass is 10.2. The Morgan fingerprint density at radius 1 is 1.08 bits per heavy atom. The number of anilines is 1. The molecule has 0 atom stereocenters. The van der Waals surface area contributed by atoms with Gasteiger partial charge in [-0.25, -0.2) is 4.98 Å². The zero-order valence-corrected chi connectivity index (χ0v) is 15.8. The quantitative estimate of drug-likeness (QED) is 0.582. The molecule has 0 aliphatic carbocycles. The van der Waals surface area contributed by atoms with Gasteiger partial charge in [0.2, 0.25) is 0 Å². The van der Waals surface area contributed by atoms with Crippen LogP contribution in [0, 0.1) is 0 Å². The van der Waals surface area contributed by atoms with Crippen LogP contribution in [0.4, 0.5) is 5.13 Å². The van der Waals surface area contributed by atoms with Crippen LogP contribution in [0.5, 0.6) is 0 Å². The standard InChI is InChI=1S/C17H11Cl2N3OS2/c18-12-7-6-11(8-13(12)19)15(23)21-16(24)22-17-20-14(9-25-17)10-4-2-1-3-5-10/h1-9H,(H2,20,21,22,23,24). The number of thiazole rings is 1. The number of aromatic nitrogens is 1. The maximum absolute atomic E-state index is 12.2. The first-order valence-corrected chi connectivity index (χ1v) is 9.15. The number of halogens is 2. The third-order valence-corrected chi connectivity index (χ3v) is 4.90. The van der Waals surface area contributed by atoms with Gasteiger partial charge in [-0.1, -0.05) is 53.5 Å². The van der Waals surface area contributed by atoms with E-state index >= 15 is 0 Å². The lowest BCUT2D eigenvalue weighted by molar-refractivity contribution is 0.0978. The fourth-order valence-corrected chi connectivity index (χ4v) is 3.29. The van der Waals surface area contributed by atoms with E-state index in [1.54, 1.807) is 12.1 Å². The van der Waals surface area contributed by atoms with Gasteiger partial charge in [0.25, 0.3) is 5.91 Å². The second-order valence-electron chi connectivity index (χ2n) is 4.94. The maximum Gasteiger partial charge on any atom is 0.257 e. The minimum atomic E-state index is -0.379. The van der Waals surface area contributed by atoms with Gasteiger partial charge >= 0.3 is 0 Å². The fraction of sp³-hybridized carbons (Fsp3) is 0. The summed E-state index contributed by atoms with van der Waals surface area (Å²) < 4.78 is 0. The minimum absolute atomic E-state index is 0.157. The van der Waals surface area contributed by atoms with E-state index in [1.807, 2.05) is 35.7 Å². The second-order valence-corrected chi connectivity index (χ2v) is 7.02. The third-order valence-electron chi connectivity index (χ3n) is 3.20. The Bertz CT molecular complexity index is 929. The molecule has 4 nitrogen and oxygen atoms in total. The van der Waals surface area contributed by atoms with Crippen LogP contribution in [0.15, 0.2) is 53.9 Å². The monoisotopic (exact) mass is 407 g/mol. The smallest absolute Gasteiger partial charge is 0.257 e. The molecule has 0 radical (unpaired) electrons. The van der Waals surface area contributed by atoms with Crippen molar-refractivity contribution in [2.75, 3.05) is 5.32 Å². The number of carbonyl (C=O) groups excluding carboxylic acids is 1. The molecule has 0 aliphatic heterocycles. The highest BCUT2D eigenvalue weighted by Crippen LogP contribution is 2.25. The second kappa shape index (κ2) is 7.93. The van der Waals surface area contributed by atoms with Crippen molar-refractivity contribution in [3.8, 4) is 11.3 Å². The first-order chi connectivity index (χ1) is 12.0. The molecule has 25 heavy (non-hydrogen) atoms. The van der Waals surface area contributed by atoms with Gasteiger partial charge < -0.3 is 5.32 Å². The van der Waals surface area contributed by atoms with Crippen LogP contribution in [0.2, 0.25) is 10.0 Å². The summed E-state index contributed by atoms with van der Waals surface area (Å²) in [6.45, 7) is 0. The van der Waals surface area contributed by atoms with Crippen LogP contribution in [0.1, 0.15) is 10.4 Å². The van der Waals surface area contributed by atoms with Crippen molar-refractivity contribution in [1.29, 1.82) is 0 Å². The summed E-state index contributed by atoms with van der Waals surface area (Å²) in [7, 11) is 0. The summed E-state index contributed by atoms with van der Waals surface area (Å²) in [5, 5.41) is 8.85.